The largest absolute Gasteiger partial charge is 0.484 e. The van der Waals surface area contributed by atoms with Crippen LogP contribution in [0.25, 0.3) is 0 Å². The van der Waals surface area contributed by atoms with E-state index in [4.69, 9.17) is 9.15 Å². The molecule has 0 aliphatic heterocycles. The van der Waals surface area contributed by atoms with Gasteiger partial charge in [-0.2, -0.15) is 0 Å². The van der Waals surface area contributed by atoms with Crippen LogP contribution in [0.5, 0.6) is 5.75 Å². The van der Waals surface area contributed by atoms with Gasteiger partial charge in [-0.1, -0.05) is 30.0 Å². The smallest absolute Gasteiger partial charge is 0.277 e. The van der Waals surface area contributed by atoms with Crippen molar-refractivity contribution in [2.45, 2.75) is 11.8 Å². The predicted octanol–water partition coefficient (Wildman–Crippen LogP) is 1.83. The fraction of sp³-hybridized carbons (Fsp3) is 0.308. The van der Waals surface area contributed by atoms with E-state index in [-0.39, 0.29) is 18.3 Å². The average molecular weight is 293 g/mol. The molecule has 0 fully saturated rings. The van der Waals surface area contributed by atoms with E-state index in [9.17, 15) is 4.79 Å². The van der Waals surface area contributed by atoms with Crippen molar-refractivity contribution in [1.82, 2.24) is 15.1 Å². The zero-order valence-corrected chi connectivity index (χ0v) is 12.1. The Labute approximate surface area is 121 Å². The Balaban J connectivity index is 1.82. The van der Waals surface area contributed by atoms with Gasteiger partial charge in [0.1, 0.15) is 5.75 Å². The number of ether oxygens (including phenoxy) is 1. The van der Waals surface area contributed by atoms with Gasteiger partial charge in [-0.3, -0.25) is 4.79 Å². The number of benzene rings is 1. The summed E-state index contributed by atoms with van der Waals surface area (Å²) in [6.07, 6.45) is 0. The molecule has 0 N–H and O–H groups in total. The van der Waals surface area contributed by atoms with E-state index < -0.39 is 0 Å². The van der Waals surface area contributed by atoms with Crippen molar-refractivity contribution in [3.63, 3.8) is 0 Å². The summed E-state index contributed by atoms with van der Waals surface area (Å²) in [5, 5.41) is 8.09. The summed E-state index contributed by atoms with van der Waals surface area (Å²) >= 11 is 1.21. The number of nitrogens with zero attached hydrogens (tertiary/aromatic N) is 3. The molecule has 20 heavy (non-hydrogen) atoms. The van der Waals surface area contributed by atoms with Gasteiger partial charge in [0.05, 0.1) is 5.75 Å². The lowest BCUT2D eigenvalue weighted by Crippen LogP contribution is -2.23. The molecule has 0 radical (unpaired) electrons. The van der Waals surface area contributed by atoms with Crippen LogP contribution in [0.3, 0.4) is 0 Å². The standard InChI is InChI=1S/C13H15N3O3S/c1-16(2)12(17)9-20-13-15-14-11(19-13)8-18-10-6-4-3-5-7-10/h3-7H,8-9H2,1-2H3. The van der Waals surface area contributed by atoms with Gasteiger partial charge in [-0.25, -0.2) is 0 Å². The second-order valence-electron chi connectivity index (χ2n) is 4.14. The predicted molar refractivity (Wildman–Crippen MR) is 74.5 cm³/mol. The third-order valence-electron chi connectivity index (χ3n) is 2.37. The van der Waals surface area contributed by atoms with Gasteiger partial charge in [-0.15, -0.1) is 10.2 Å². The average Bonchev–Trinajstić information content (AvgIpc) is 2.91. The van der Waals surface area contributed by atoms with Crippen LogP contribution in [-0.4, -0.2) is 40.9 Å². The van der Waals surface area contributed by atoms with E-state index in [2.05, 4.69) is 10.2 Å². The summed E-state index contributed by atoms with van der Waals surface area (Å²) in [6.45, 7) is 0.208. The first-order chi connectivity index (χ1) is 9.65. The maximum Gasteiger partial charge on any atom is 0.277 e. The van der Waals surface area contributed by atoms with Crippen molar-refractivity contribution >= 4 is 17.7 Å². The second-order valence-corrected chi connectivity index (χ2v) is 5.07. The molecule has 0 aliphatic rings. The molecular formula is C13H15N3O3S. The number of aromatic nitrogens is 2. The number of carbonyl (C=O) groups excluding carboxylic acids is 1. The molecule has 2 rings (SSSR count). The van der Waals surface area contributed by atoms with E-state index >= 15 is 0 Å². The molecule has 0 unspecified atom stereocenters. The molecule has 6 nitrogen and oxygen atoms in total. The minimum absolute atomic E-state index is 0.00437. The van der Waals surface area contributed by atoms with Crippen LogP contribution in [0.15, 0.2) is 40.0 Å². The summed E-state index contributed by atoms with van der Waals surface area (Å²) in [5.74, 6) is 1.39. The first-order valence-electron chi connectivity index (χ1n) is 5.98. The molecule has 1 aromatic carbocycles. The van der Waals surface area contributed by atoms with Gasteiger partial charge >= 0.3 is 0 Å². The molecule has 0 bridgehead atoms. The molecule has 0 aliphatic carbocycles. The molecule has 0 saturated heterocycles. The van der Waals surface area contributed by atoms with Gasteiger partial charge < -0.3 is 14.1 Å². The SMILES string of the molecule is CN(C)C(=O)CSc1nnc(COc2ccccc2)o1. The fourth-order valence-corrected chi connectivity index (χ4v) is 2.03. The summed E-state index contributed by atoms with van der Waals surface area (Å²) in [4.78, 5) is 12.9. The number of rotatable bonds is 6. The van der Waals surface area contributed by atoms with E-state index in [0.717, 1.165) is 5.75 Å². The number of hydrogen-bond donors (Lipinski definition) is 0. The zero-order chi connectivity index (χ0) is 14.4. The molecule has 7 heteroatoms. The van der Waals surface area contributed by atoms with Crippen LogP contribution >= 0.6 is 11.8 Å². The van der Waals surface area contributed by atoms with Gasteiger partial charge in [0.2, 0.25) is 5.91 Å². The number of hydrogen-bond acceptors (Lipinski definition) is 6. The number of amides is 1. The topological polar surface area (TPSA) is 68.5 Å². The van der Waals surface area contributed by atoms with E-state index in [1.165, 1.54) is 16.7 Å². The van der Waals surface area contributed by atoms with Crippen LogP contribution in [0.4, 0.5) is 0 Å². The summed E-state index contributed by atoms with van der Waals surface area (Å²) < 4.78 is 10.9. The van der Waals surface area contributed by atoms with Crippen LogP contribution in [0, 0.1) is 0 Å². The Morgan fingerprint density at radius 3 is 2.75 bits per heavy atom. The van der Waals surface area contributed by atoms with E-state index in [0.29, 0.717) is 11.1 Å². The Morgan fingerprint density at radius 2 is 2.05 bits per heavy atom. The summed E-state index contributed by atoms with van der Waals surface area (Å²) in [6, 6.07) is 9.38. The van der Waals surface area contributed by atoms with E-state index in [1.54, 1.807) is 14.1 Å². The molecule has 1 heterocycles. The number of para-hydroxylation sites is 1. The molecular weight excluding hydrogens is 278 g/mol. The summed E-state index contributed by atoms with van der Waals surface area (Å²) in [7, 11) is 3.41. The van der Waals surface area contributed by atoms with Crippen LogP contribution < -0.4 is 4.74 Å². The molecule has 2 aromatic rings. The molecule has 0 saturated carbocycles. The molecule has 0 atom stereocenters. The Hall–Kier alpha value is -2.02. The second kappa shape index (κ2) is 6.95. The number of carbonyl (C=O) groups is 1. The Morgan fingerprint density at radius 1 is 1.30 bits per heavy atom. The van der Waals surface area contributed by atoms with Crippen LogP contribution in [0.2, 0.25) is 0 Å². The molecule has 1 aromatic heterocycles. The summed E-state index contributed by atoms with van der Waals surface area (Å²) in [5.41, 5.74) is 0. The van der Waals surface area contributed by atoms with Crippen molar-refractivity contribution in [3.05, 3.63) is 36.2 Å². The minimum atomic E-state index is -0.00437. The quantitative estimate of drug-likeness (QED) is 0.757. The van der Waals surface area contributed by atoms with Crippen molar-refractivity contribution < 1.29 is 13.9 Å². The highest BCUT2D eigenvalue weighted by Crippen LogP contribution is 2.17. The van der Waals surface area contributed by atoms with Crippen molar-refractivity contribution in [3.8, 4) is 5.75 Å². The van der Waals surface area contributed by atoms with Crippen LogP contribution in [-0.2, 0) is 11.4 Å². The van der Waals surface area contributed by atoms with Crippen molar-refractivity contribution in [1.29, 1.82) is 0 Å². The maximum atomic E-state index is 11.4. The van der Waals surface area contributed by atoms with Gasteiger partial charge in [0, 0.05) is 14.1 Å². The molecule has 1 amide bonds. The highest BCUT2D eigenvalue weighted by molar-refractivity contribution is 7.99. The normalized spacial score (nSPS) is 10.3. The highest BCUT2D eigenvalue weighted by Gasteiger charge is 2.11. The molecule has 0 spiro atoms. The third kappa shape index (κ3) is 4.27. The molecule has 106 valence electrons. The minimum Gasteiger partial charge on any atom is -0.484 e. The fourth-order valence-electron chi connectivity index (χ4n) is 1.27. The lowest BCUT2D eigenvalue weighted by atomic mass is 10.3. The van der Waals surface area contributed by atoms with Crippen LogP contribution in [0.1, 0.15) is 5.89 Å². The van der Waals surface area contributed by atoms with Gasteiger partial charge in [-0.05, 0) is 12.1 Å². The van der Waals surface area contributed by atoms with Gasteiger partial charge in [0.25, 0.3) is 11.1 Å². The monoisotopic (exact) mass is 293 g/mol. The lowest BCUT2D eigenvalue weighted by Gasteiger charge is -2.07. The van der Waals surface area contributed by atoms with Gasteiger partial charge in [0.15, 0.2) is 6.61 Å². The zero-order valence-electron chi connectivity index (χ0n) is 11.3. The first kappa shape index (κ1) is 14.4. The van der Waals surface area contributed by atoms with Crippen molar-refractivity contribution in [2.75, 3.05) is 19.8 Å². The lowest BCUT2D eigenvalue weighted by molar-refractivity contribution is -0.125. The highest BCUT2D eigenvalue weighted by atomic mass is 32.2. The van der Waals surface area contributed by atoms with E-state index in [1.807, 2.05) is 30.3 Å². The Kier molecular flexibility index (Phi) is 5.00. The maximum absolute atomic E-state index is 11.4. The first-order valence-corrected chi connectivity index (χ1v) is 6.97. The third-order valence-corrected chi connectivity index (χ3v) is 3.17. The Bertz CT molecular complexity index is 557. The number of thioether (sulfide) groups is 1. The van der Waals surface area contributed by atoms with Crippen molar-refractivity contribution in [2.24, 2.45) is 0 Å².